The smallest absolute Gasteiger partial charge is 0.294 e. The van der Waals surface area contributed by atoms with E-state index < -0.39 is 55.0 Å². The van der Waals surface area contributed by atoms with Crippen molar-refractivity contribution in [2.45, 2.75) is 4.90 Å². The lowest BCUT2D eigenvalue weighted by Gasteiger charge is -2.13. The summed E-state index contributed by atoms with van der Waals surface area (Å²) in [6.45, 7) is 0. The van der Waals surface area contributed by atoms with Crippen LogP contribution >= 0.6 is 0 Å². The summed E-state index contributed by atoms with van der Waals surface area (Å²) in [6.07, 6.45) is 0. The summed E-state index contributed by atoms with van der Waals surface area (Å²) in [4.78, 5) is -0.608. The lowest BCUT2D eigenvalue weighted by atomic mass is 10.1. The molecule has 7 nitrogen and oxygen atoms in total. The Balaban J connectivity index is 2.21. The fraction of sp³-hybridized carbons (Fsp3) is 0. The van der Waals surface area contributed by atoms with Crippen LogP contribution in [0.25, 0.3) is 10.8 Å². The van der Waals surface area contributed by atoms with Crippen LogP contribution in [0.1, 0.15) is 11.1 Å². The van der Waals surface area contributed by atoms with Crippen LogP contribution in [0.5, 0.6) is 5.75 Å². The van der Waals surface area contributed by atoms with Crippen molar-refractivity contribution in [3.05, 3.63) is 58.9 Å². The molecule has 0 saturated heterocycles. The number of phenols is 1. The number of hydrogen-bond acceptors (Lipinski definition) is 6. The summed E-state index contributed by atoms with van der Waals surface area (Å²) in [5, 5.41) is 30.4. The zero-order valence-corrected chi connectivity index (χ0v) is 14.9. The molecule has 0 heterocycles. The van der Waals surface area contributed by atoms with Crippen LogP contribution in [0.3, 0.4) is 0 Å². The van der Waals surface area contributed by atoms with E-state index in [2.05, 4.69) is 5.32 Å². The van der Waals surface area contributed by atoms with Gasteiger partial charge in [-0.1, -0.05) is 0 Å². The topological polar surface area (TPSA) is 134 Å². The molecule has 0 fully saturated rings. The second kappa shape index (κ2) is 6.98. The van der Waals surface area contributed by atoms with Gasteiger partial charge in [-0.15, -0.1) is 0 Å². The standard InChI is InChI=1S/C18H8F3N3O4S/c19-15-12(6-22)17(21)18(13(7-23)16(15)20)24-9-1-2-11-8(3-9)4-10(5-14(11)25)29(26,27)28/h1-5,24-25H,(H,26,27,28). The van der Waals surface area contributed by atoms with Gasteiger partial charge >= 0.3 is 0 Å². The van der Waals surface area contributed by atoms with Crippen LogP contribution in [-0.2, 0) is 10.1 Å². The van der Waals surface area contributed by atoms with E-state index >= 15 is 0 Å². The Morgan fingerprint density at radius 1 is 0.931 bits per heavy atom. The molecule has 0 atom stereocenters. The van der Waals surface area contributed by atoms with Crippen molar-refractivity contribution < 1.29 is 31.2 Å². The van der Waals surface area contributed by atoms with Gasteiger partial charge in [0.1, 0.15) is 29.0 Å². The van der Waals surface area contributed by atoms with Gasteiger partial charge in [0.05, 0.1) is 10.6 Å². The quantitative estimate of drug-likeness (QED) is 0.435. The highest BCUT2D eigenvalue weighted by molar-refractivity contribution is 7.85. The molecule has 0 saturated carbocycles. The second-order valence-corrected chi connectivity index (χ2v) is 7.19. The van der Waals surface area contributed by atoms with Crippen LogP contribution in [0.15, 0.2) is 35.2 Å². The van der Waals surface area contributed by atoms with Crippen molar-refractivity contribution in [2.75, 3.05) is 5.32 Å². The minimum atomic E-state index is -4.64. The lowest BCUT2D eigenvalue weighted by Crippen LogP contribution is -2.06. The first-order chi connectivity index (χ1) is 13.6. The van der Waals surface area contributed by atoms with Gasteiger partial charge in [-0.05, 0) is 29.7 Å². The molecule has 3 N–H and O–H groups in total. The van der Waals surface area contributed by atoms with E-state index in [0.29, 0.717) is 0 Å². The van der Waals surface area contributed by atoms with Gasteiger partial charge in [-0.25, -0.2) is 13.2 Å². The van der Waals surface area contributed by atoms with Crippen molar-refractivity contribution in [3.63, 3.8) is 0 Å². The number of fused-ring (bicyclic) bond motifs is 1. The van der Waals surface area contributed by atoms with E-state index in [1.54, 1.807) is 0 Å². The third-order valence-electron chi connectivity index (χ3n) is 4.02. The van der Waals surface area contributed by atoms with Crippen LogP contribution in [0, 0.1) is 40.1 Å². The van der Waals surface area contributed by atoms with E-state index in [0.717, 1.165) is 12.1 Å². The van der Waals surface area contributed by atoms with Gasteiger partial charge in [0, 0.05) is 17.1 Å². The van der Waals surface area contributed by atoms with Crippen molar-refractivity contribution in [1.82, 2.24) is 0 Å². The fourth-order valence-electron chi connectivity index (χ4n) is 2.67. The molecule has 0 aromatic heterocycles. The molecule has 0 radical (unpaired) electrons. The van der Waals surface area contributed by atoms with Crippen LogP contribution in [0.2, 0.25) is 0 Å². The molecule has 0 aliphatic heterocycles. The third-order valence-corrected chi connectivity index (χ3v) is 4.85. The van der Waals surface area contributed by atoms with Gasteiger partial charge in [0.15, 0.2) is 17.5 Å². The monoisotopic (exact) mass is 419 g/mol. The molecule has 3 aromatic rings. The summed E-state index contributed by atoms with van der Waals surface area (Å²) in [6, 6.07) is 8.12. The molecule has 29 heavy (non-hydrogen) atoms. The van der Waals surface area contributed by atoms with Crippen LogP contribution < -0.4 is 5.32 Å². The Hall–Kier alpha value is -3.80. The minimum Gasteiger partial charge on any atom is -0.507 e. The minimum absolute atomic E-state index is 0.00492. The molecule has 0 aliphatic carbocycles. The number of hydrogen-bond donors (Lipinski definition) is 3. The van der Waals surface area contributed by atoms with Crippen LogP contribution in [0.4, 0.5) is 24.5 Å². The van der Waals surface area contributed by atoms with E-state index in [4.69, 9.17) is 15.1 Å². The number of nitrogens with one attached hydrogen (secondary N) is 1. The number of anilines is 2. The van der Waals surface area contributed by atoms with Crippen molar-refractivity contribution in [3.8, 4) is 17.9 Å². The highest BCUT2D eigenvalue weighted by Gasteiger charge is 2.25. The maximum absolute atomic E-state index is 14.5. The van der Waals surface area contributed by atoms with Crippen molar-refractivity contribution in [1.29, 1.82) is 10.5 Å². The molecule has 0 bridgehead atoms. The fourth-order valence-corrected chi connectivity index (χ4v) is 3.21. The summed E-state index contributed by atoms with van der Waals surface area (Å²) in [5.74, 6) is -5.46. The molecular weight excluding hydrogens is 411 g/mol. The highest BCUT2D eigenvalue weighted by atomic mass is 32.2. The number of nitrogens with zero attached hydrogens (tertiary/aromatic N) is 2. The maximum atomic E-state index is 14.5. The normalized spacial score (nSPS) is 11.1. The van der Waals surface area contributed by atoms with Crippen molar-refractivity contribution in [2.24, 2.45) is 0 Å². The Morgan fingerprint density at radius 3 is 2.14 bits per heavy atom. The lowest BCUT2D eigenvalue weighted by molar-refractivity contribution is 0.471. The third kappa shape index (κ3) is 3.40. The van der Waals surface area contributed by atoms with Gasteiger partial charge in [-0.3, -0.25) is 4.55 Å². The Bertz CT molecular complexity index is 1380. The van der Waals surface area contributed by atoms with Gasteiger partial charge in [-0.2, -0.15) is 18.9 Å². The Morgan fingerprint density at radius 2 is 1.55 bits per heavy atom. The molecule has 3 rings (SSSR count). The summed E-state index contributed by atoms with van der Waals surface area (Å²) in [5.41, 5.74) is -3.03. The molecule has 11 heteroatoms. The SMILES string of the molecule is N#Cc1c(F)c(F)c(C#N)c(Nc2ccc3c(O)cc(S(=O)(=O)O)cc3c2)c1F. The van der Waals surface area contributed by atoms with E-state index in [1.165, 1.54) is 30.3 Å². The molecule has 3 aromatic carbocycles. The molecule has 0 amide bonds. The molecule has 146 valence electrons. The van der Waals surface area contributed by atoms with E-state index in [1.807, 2.05) is 0 Å². The average Bonchev–Trinajstić information content (AvgIpc) is 2.66. The maximum Gasteiger partial charge on any atom is 0.294 e. The predicted molar refractivity (Wildman–Crippen MR) is 94.5 cm³/mol. The molecule has 0 unspecified atom stereocenters. The summed E-state index contributed by atoms with van der Waals surface area (Å²) >= 11 is 0. The summed E-state index contributed by atoms with van der Waals surface area (Å²) in [7, 11) is -4.64. The Labute approximate surface area is 161 Å². The van der Waals surface area contributed by atoms with E-state index in [9.17, 15) is 26.7 Å². The summed E-state index contributed by atoms with van der Waals surface area (Å²) < 4.78 is 73.9. The highest BCUT2D eigenvalue weighted by Crippen LogP contribution is 2.34. The predicted octanol–water partition coefficient (Wildman–Crippen LogP) is 3.70. The zero-order chi connectivity index (χ0) is 21.5. The number of benzene rings is 3. The molecule has 0 spiro atoms. The van der Waals surface area contributed by atoms with E-state index in [-0.39, 0.29) is 16.5 Å². The van der Waals surface area contributed by atoms with Gasteiger partial charge < -0.3 is 10.4 Å². The first kappa shape index (κ1) is 19.9. The molecular formula is C18H8F3N3O4S. The Kier molecular flexibility index (Phi) is 4.80. The average molecular weight is 419 g/mol. The van der Waals surface area contributed by atoms with Gasteiger partial charge in [0.2, 0.25) is 0 Å². The number of phenolic OH excluding ortho intramolecular Hbond substituents is 1. The molecule has 0 aliphatic rings. The number of nitriles is 2. The number of aromatic hydroxyl groups is 1. The van der Waals surface area contributed by atoms with Gasteiger partial charge in [0.25, 0.3) is 10.1 Å². The number of rotatable bonds is 3. The zero-order valence-electron chi connectivity index (χ0n) is 14.0. The van der Waals surface area contributed by atoms with Crippen molar-refractivity contribution >= 4 is 32.3 Å². The first-order valence-electron chi connectivity index (χ1n) is 7.60. The first-order valence-corrected chi connectivity index (χ1v) is 9.04. The second-order valence-electron chi connectivity index (χ2n) is 5.77. The number of halogens is 3. The largest absolute Gasteiger partial charge is 0.507 e. The van der Waals surface area contributed by atoms with Crippen LogP contribution in [-0.4, -0.2) is 18.1 Å².